The molecule has 440 valence electrons. The highest BCUT2D eigenvalue weighted by atomic mass is 16.2. The van der Waals surface area contributed by atoms with Crippen LogP contribution in [0.1, 0.15) is 103 Å². The lowest BCUT2D eigenvalue weighted by atomic mass is 10.0. The molecule has 0 radical (unpaired) electrons. The molecule has 24 heteroatoms. The molecular formula is C56H86N14O10. The molecule has 0 spiro atoms. The van der Waals surface area contributed by atoms with Gasteiger partial charge in [0.25, 0.3) is 0 Å². The Hall–Kier alpha value is -7.02. The quantitative estimate of drug-likeness (QED) is 0.0852. The normalized spacial score (nSPS) is 26.8. The van der Waals surface area contributed by atoms with E-state index in [-0.39, 0.29) is 115 Å². The molecule has 3 aliphatic heterocycles. The maximum absolute atomic E-state index is 14.8. The van der Waals surface area contributed by atoms with Gasteiger partial charge in [0.15, 0.2) is 0 Å². The van der Waals surface area contributed by atoms with Gasteiger partial charge < -0.3 is 75.3 Å². The van der Waals surface area contributed by atoms with Crippen molar-refractivity contribution in [3.05, 3.63) is 71.8 Å². The van der Waals surface area contributed by atoms with E-state index in [9.17, 15) is 47.9 Å². The van der Waals surface area contributed by atoms with Gasteiger partial charge in [-0.25, -0.2) is 0 Å². The summed E-state index contributed by atoms with van der Waals surface area (Å²) in [6.45, 7) is 7.36. The Labute approximate surface area is 468 Å². The van der Waals surface area contributed by atoms with Gasteiger partial charge in [0, 0.05) is 25.9 Å². The summed E-state index contributed by atoms with van der Waals surface area (Å²) in [5.41, 5.74) is 25.3. The van der Waals surface area contributed by atoms with Crippen molar-refractivity contribution in [2.45, 2.75) is 165 Å². The molecule has 10 amide bonds. The van der Waals surface area contributed by atoms with Crippen LogP contribution in [0.5, 0.6) is 0 Å². The molecule has 0 bridgehead atoms. The fraction of sp³-hybridized carbons (Fsp3) is 0.607. The molecule has 3 aliphatic rings. The highest BCUT2D eigenvalue weighted by Gasteiger charge is 2.43. The first-order valence-electron chi connectivity index (χ1n) is 28.2. The van der Waals surface area contributed by atoms with Gasteiger partial charge in [-0.05, 0) is 113 Å². The lowest BCUT2D eigenvalue weighted by Crippen LogP contribution is -2.62. The smallest absolute Gasteiger partial charge is 0.246 e. The Kier molecular flexibility index (Phi) is 25.3. The zero-order valence-electron chi connectivity index (χ0n) is 46.7. The zero-order valence-corrected chi connectivity index (χ0v) is 46.7. The minimum absolute atomic E-state index is 0.00776. The third-order valence-corrected chi connectivity index (χ3v) is 14.5. The van der Waals surface area contributed by atoms with E-state index in [1.807, 2.05) is 27.7 Å². The maximum atomic E-state index is 14.8. The van der Waals surface area contributed by atoms with Crippen molar-refractivity contribution in [3.8, 4) is 0 Å². The van der Waals surface area contributed by atoms with Crippen molar-refractivity contribution in [1.29, 1.82) is 0 Å². The van der Waals surface area contributed by atoms with Gasteiger partial charge in [0.05, 0.1) is 0 Å². The summed E-state index contributed by atoms with van der Waals surface area (Å²) in [6.07, 6.45) is 1.17. The van der Waals surface area contributed by atoms with Crippen molar-refractivity contribution >= 4 is 59.1 Å². The van der Waals surface area contributed by atoms with Crippen molar-refractivity contribution in [2.75, 3.05) is 39.3 Å². The number of amides is 10. The Bertz CT molecular complexity index is 2270. The number of hydrogen-bond donors (Lipinski definition) is 12. The molecule has 0 saturated carbocycles. The van der Waals surface area contributed by atoms with E-state index in [1.165, 1.54) is 9.80 Å². The molecule has 0 unspecified atom stereocenters. The van der Waals surface area contributed by atoms with Crippen LogP contribution in [-0.2, 0) is 60.8 Å². The fourth-order valence-electron chi connectivity index (χ4n) is 10.4. The first-order valence-corrected chi connectivity index (χ1v) is 28.2. The van der Waals surface area contributed by atoms with E-state index >= 15 is 0 Å². The fourth-order valence-corrected chi connectivity index (χ4v) is 10.4. The molecule has 3 saturated heterocycles. The standard InChI is InChI=1S/C56H86N14O10/c1-33(2)29-41-51(75)61-37(19-23-57)49(73)67-43(31-35-13-7-5-8-14-35)55(79)70-28-12-18-46(70)54(78)64-40(22-26-60)48(72)66-42(30-34(3)4)52(76)62-38(20-24-58)50(74)68-44(32-36-15-9-6-10-16-36)56(80)69-27-11-17-45(69)53(77)63-39(21-25-59)47(71)65-41/h5-10,13-16,33-34,37-46H,11-12,17-32,57-60H2,1-4H3,(H,61,75)(H,62,76)(H,63,77)(H,64,78)(H,65,71)(H,66,72)(H,67,73)(H,68,74)/t37-,38-,39-,40-,41-,42-,43+,44+,45-,46-/m0/s1. The summed E-state index contributed by atoms with van der Waals surface area (Å²) in [5, 5.41) is 22.2. The molecule has 16 N–H and O–H groups in total. The van der Waals surface area contributed by atoms with Gasteiger partial charge in [-0.2, -0.15) is 0 Å². The molecule has 80 heavy (non-hydrogen) atoms. The van der Waals surface area contributed by atoms with Crippen LogP contribution in [0.15, 0.2) is 60.7 Å². The topological polar surface area (TPSA) is 377 Å². The molecule has 2 aromatic carbocycles. The summed E-state index contributed by atoms with van der Waals surface area (Å²) in [5.74, 6) is -7.34. The van der Waals surface area contributed by atoms with Crippen LogP contribution in [0.25, 0.3) is 0 Å². The maximum Gasteiger partial charge on any atom is 0.246 e. The molecule has 5 rings (SSSR count). The molecule has 0 aromatic heterocycles. The van der Waals surface area contributed by atoms with Crippen LogP contribution in [0, 0.1) is 11.8 Å². The van der Waals surface area contributed by atoms with E-state index in [2.05, 4.69) is 42.5 Å². The molecule has 3 fully saturated rings. The molecule has 2 aromatic rings. The van der Waals surface area contributed by atoms with Gasteiger partial charge in [-0.15, -0.1) is 0 Å². The molecule has 24 nitrogen and oxygen atoms in total. The lowest BCUT2D eigenvalue weighted by Gasteiger charge is -2.32. The zero-order chi connectivity index (χ0) is 58.5. The predicted octanol–water partition coefficient (Wildman–Crippen LogP) is -2.17. The Morgan fingerprint density at radius 2 is 0.650 bits per heavy atom. The third-order valence-electron chi connectivity index (χ3n) is 14.5. The number of carbonyl (C=O) groups is 10. The summed E-state index contributed by atoms with van der Waals surface area (Å²) in [6, 6.07) is 5.48. The average molecular weight is 1120 g/mol. The molecule has 10 atom stereocenters. The van der Waals surface area contributed by atoms with E-state index in [4.69, 9.17) is 22.9 Å². The number of nitrogens with zero attached hydrogens (tertiary/aromatic N) is 2. The Morgan fingerprint density at radius 1 is 0.388 bits per heavy atom. The molecule has 0 aliphatic carbocycles. The lowest BCUT2D eigenvalue weighted by molar-refractivity contribution is -0.143. The molecular weight excluding hydrogens is 1030 g/mol. The number of fused-ring (bicyclic) bond motifs is 2. The number of hydrogen-bond acceptors (Lipinski definition) is 14. The average Bonchev–Trinajstić information content (AvgIpc) is 4.13. The Morgan fingerprint density at radius 3 is 0.938 bits per heavy atom. The van der Waals surface area contributed by atoms with Crippen LogP contribution >= 0.6 is 0 Å². The third kappa shape index (κ3) is 18.5. The molecule has 3 heterocycles. The van der Waals surface area contributed by atoms with E-state index in [1.54, 1.807) is 60.7 Å². The van der Waals surface area contributed by atoms with Crippen LogP contribution in [0.2, 0.25) is 0 Å². The second-order valence-corrected chi connectivity index (χ2v) is 21.8. The SMILES string of the molecule is CC(C)C[C@@H]1NC(=O)[C@H](CCN)NC(=O)[C@@H]2CCCN2C(=O)[C@@H](Cc2ccccc2)NC(=O)[C@H](CCN)NC(=O)[C@H](CC(C)C)NC(=O)[C@H](CCN)NC(=O)[C@@H]2CCCN2C(=O)[C@@H](Cc2ccccc2)NC(=O)[C@H](CCN)NC1=O. The van der Waals surface area contributed by atoms with Gasteiger partial charge in [0.2, 0.25) is 59.1 Å². The first-order chi connectivity index (χ1) is 38.3. The van der Waals surface area contributed by atoms with Gasteiger partial charge in [-0.3, -0.25) is 47.9 Å². The van der Waals surface area contributed by atoms with Crippen molar-refractivity contribution in [3.63, 3.8) is 0 Å². The summed E-state index contributed by atoms with van der Waals surface area (Å²) in [4.78, 5) is 147. The summed E-state index contributed by atoms with van der Waals surface area (Å²) in [7, 11) is 0. The monoisotopic (exact) mass is 1110 g/mol. The van der Waals surface area contributed by atoms with Crippen molar-refractivity contribution in [1.82, 2.24) is 52.3 Å². The van der Waals surface area contributed by atoms with Gasteiger partial charge in [0.1, 0.15) is 60.4 Å². The number of benzene rings is 2. The van der Waals surface area contributed by atoms with Crippen LogP contribution in [0.4, 0.5) is 0 Å². The minimum Gasteiger partial charge on any atom is -0.343 e. The number of nitrogens with one attached hydrogen (secondary N) is 8. The van der Waals surface area contributed by atoms with Crippen LogP contribution in [0.3, 0.4) is 0 Å². The Balaban J connectivity index is 1.56. The van der Waals surface area contributed by atoms with E-state index in [0.29, 0.717) is 24.0 Å². The van der Waals surface area contributed by atoms with Crippen molar-refractivity contribution < 1.29 is 47.9 Å². The second-order valence-electron chi connectivity index (χ2n) is 21.8. The second kappa shape index (κ2) is 31.7. The summed E-state index contributed by atoms with van der Waals surface area (Å²) >= 11 is 0. The minimum atomic E-state index is -1.30. The predicted molar refractivity (Wildman–Crippen MR) is 299 cm³/mol. The van der Waals surface area contributed by atoms with Crippen LogP contribution < -0.4 is 65.5 Å². The number of nitrogens with two attached hydrogens (primary N) is 4. The van der Waals surface area contributed by atoms with Gasteiger partial charge >= 0.3 is 0 Å². The van der Waals surface area contributed by atoms with Crippen LogP contribution in [-0.4, -0.2) is 169 Å². The largest absolute Gasteiger partial charge is 0.343 e. The van der Waals surface area contributed by atoms with E-state index in [0.717, 1.165) is 0 Å². The van der Waals surface area contributed by atoms with Crippen molar-refractivity contribution in [2.24, 2.45) is 34.8 Å². The number of rotatable bonds is 16. The first kappa shape index (κ1) is 63.8. The highest BCUT2D eigenvalue weighted by Crippen LogP contribution is 2.23. The van der Waals surface area contributed by atoms with Gasteiger partial charge in [-0.1, -0.05) is 88.4 Å². The summed E-state index contributed by atoms with van der Waals surface area (Å²) < 4.78 is 0. The number of carbonyl (C=O) groups excluding carboxylic acids is 10. The highest BCUT2D eigenvalue weighted by molar-refractivity contribution is 6.00. The van der Waals surface area contributed by atoms with E-state index < -0.39 is 119 Å².